The van der Waals surface area contributed by atoms with Crippen molar-refractivity contribution in [1.29, 1.82) is 0 Å². The molecule has 0 bridgehead atoms. The van der Waals surface area contributed by atoms with Crippen LogP contribution in [0, 0.1) is 20.8 Å². The van der Waals surface area contributed by atoms with E-state index < -0.39 is 0 Å². The molecule has 0 spiro atoms. The Kier molecular flexibility index (Phi) is 4.02. The molecule has 0 unspecified atom stereocenters. The number of hydrogen-bond donors (Lipinski definition) is 2. The van der Waals surface area contributed by atoms with Gasteiger partial charge in [0.25, 0.3) is 0 Å². The first kappa shape index (κ1) is 16.1. The molecule has 0 radical (unpaired) electrons. The number of nitrogens with two attached hydrogens (primary N) is 1. The van der Waals surface area contributed by atoms with Crippen LogP contribution in [0.3, 0.4) is 0 Å². The molecule has 0 aromatic heterocycles. The quantitative estimate of drug-likeness (QED) is 0.905. The zero-order chi connectivity index (χ0) is 17.4. The van der Waals surface area contributed by atoms with Gasteiger partial charge in [-0.25, -0.2) is 0 Å². The van der Waals surface area contributed by atoms with Crippen LogP contribution in [-0.2, 0) is 6.54 Å². The van der Waals surface area contributed by atoms with Crippen LogP contribution in [0.15, 0.2) is 54.4 Å². The lowest BCUT2D eigenvalue weighted by molar-refractivity contribution is 0.102. The SMILES string of the molecule is C=C1C(N)=C(NCc2cc(C)cc(C)c2)C(=O)c2cccc(C)c21. The molecule has 0 amide bonds. The molecule has 3 rings (SSSR count). The molecule has 0 fully saturated rings. The Labute approximate surface area is 142 Å². The van der Waals surface area contributed by atoms with Crippen molar-refractivity contribution in [3.05, 3.63) is 87.8 Å². The zero-order valence-electron chi connectivity index (χ0n) is 14.4. The second-order valence-electron chi connectivity index (χ2n) is 6.44. The Balaban J connectivity index is 1.92. The molecule has 0 saturated carbocycles. The standard InChI is InChI=1S/C21H22N2O/c1-12-8-13(2)10-16(9-12)11-23-20-19(22)15(4)18-14(3)6-5-7-17(18)21(20)24/h5-10,23H,4,11,22H2,1-3H3. The topological polar surface area (TPSA) is 55.1 Å². The Morgan fingerprint density at radius 3 is 2.42 bits per heavy atom. The lowest BCUT2D eigenvalue weighted by Gasteiger charge is -2.24. The third kappa shape index (κ3) is 2.73. The van der Waals surface area contributed by atoms with E-state index in [0.29, 0.717) is 29.1 Å². The second-order valence-corrected chi connectivity index (χ2v) is 6.44. The molecule has 2 aromatic rings. The number of hydrogen-bond acceptors (Lipinski definition) is 3. The Morgan fingerprint density at radius 1 is 1.08 bits per heavy atom. The number of carbonyl (C=O) groups is 1. The van der Waals surface area contributed by atoms with Crippen LogP contribution >= 0.6 is 0 Å². The van der Waals surface area contributed by atoms with Crippen molar-refractivity contribution in [1.82, 2.24) is 5.32 Å². The normalized spacial score (nSPS) is 14.0. The number of benzene rings is 2. The van der Waals surface area contributed by atoms with Crippen LogP contribution in [0.2, 0.25) is 0 Å². The monoisotopic (exact) mass is 318 g/mol. The first-order valence-corrected chi connectivity index (χ1v) is 8.03. The maximum absolute atomic E-state index is 12.8. The number of ketones is 1. The molecule has 24 heavy (non-hydrogen) atoms. The molecular weight excluding hydrogens is 296 g/mol. The van der Waals surface area contributed by atoms with Gasteiger partial charge >= 0.3 is 0 Å². The van der Waals surface area contributed by atoms with Crippen molar-refractivity contribution in [2.45, 2.75) is 27.3 Å². The van der Waals surface area contributed by atoms with Gasteiger partial charge in [0.15, 0.2) is 0 Å². The highest BCUT2D eigenvalue weighted by Crippen LogP contribution is 2.33. The van der Waals surface area contributed by atoms with Gasteiger partial charge in [-0.15, -0.1) is 0 Å². The average Bonchev–Trinajstić information content (AvgIpc) is 2.51. The van der Waals surface area contributed by atoms with Gasteiger partial charge in [-0.2, -0.15) is 0 Å². The van der Waals surface area contributed by atoms with Gasteiger partial charge < -0.3 is 11.1 Å². The third-order valence-corrected chi connectivity index (χ3v) is 4.39. The number of allylic oxidation sites excluding steroid dienone is 2. The molecule has 0 aliphatic heterocycles. The first-order valence-electron chi connectivity index (χ1n) is 8.03. The van der Waals surface area contributed by atoms with Crippen LogP contribution in [0.4, 0.5) is 0 Å². The number of carbonyl (C=O) groups excluding carboxylic acids is 1. The first-order chi connectivity index (χ1) is 11.4. The van der Waals surface area contributed by atoms with Gasteiger partial charge in [0.2, 0.25) is 5.78 Å². The average molecular weight is 318 g/mol. The summed E-state index contributed by atoms with van der Waals surface area (Å²) in [4.78, 5) is 12.8. The fraction of sp³-hybridized carbons (Fsp3) is 0.190. The van der Waals surface area contributed by atoms with E-state index >= 15 is 0 Å². The van der Waals surface area contributed by atoms with Crippen molar-refractivity contribution in [3.8, 4) is 0 Å². The fourth-order valence-electron chi connectivity index (χ4n) is 3.34. The van der Waals surface area contributed by atoms with Gasteiger partial charge in [0, 0.05) is 17.7 Å². The molecule has 1 aliphatic rings. The molecule has 122 valence electrons. The minimum absolute atomic E-state index is 0.0667. The lowest BCUT2D eigenvalue weighted by atomic mass is 9.85. The third-order valence-electron chi connectivity index (χ3n) is 4.39. The summed E-state index contributed by atoms with van der Waals surface area (Å²) < 4.78 is 0. The van der Waals surface area contributed by atoms with E-state index in [0.717, 1.165) is 16.7 Å². The van der Waals surface area contributed by atoms with Crippen LogP contribution < -0.4 is 11.1 Å². The van der Waals surface area contributed by atoms with Gasteiger partial charge in [-0.3, -0.25) is 4.79 Å². The van der Waals surface area contributed by atoms with E-state index in [4.69, 9.17) is 5.73 Å². The smallest absolute Gasteiger partial charge is 0.211 e. The highest BCUT2D eigenvalue weighted by Gasteiger charge is 2.28. The highest BCUT2D eigenvalue weighted by molar-refractivity contribution is 6.17. The van der Waals surface area contributed by atoms with Crippen LogP contribution in [0.5, 0.6) is 0 Å². The number of nitrogens with one attached hydrogen (secondary N) is 1. The summed E-state index contributed by atoms with van der Waals surface area (Å²) in [7, 11) is 0. The largest absolute Gasteiger partial charge is 0.396 e. The molecule has 2 aromatic carbocycles. The summed E-state index contributed by atoms with van der Waals surface area (Å²) in [5.41, 5.74) is 13.9. The van der Waals surface area contributed by atoms with E-state index in [2.05, 4.69) is 43.9 Å². The Bertz CT molecular complexity index is 870. The van der Waals surface area contributed by atoms with E-state index in [-0.39, 0.29) is 5.78 Å². The lowest BCUT2D eigenvalue weighted by Crippen LogP contribution is -2.29. The summed E-state index contributed by atoms with van der Waals surface area (Å²) >= 11 is 0. The summed E-state index contributed by atoms with van der Waals surface area (Å²) in [5, 5.41) is 3.23. The van der Waals surface area contributed by atoms with Gasteiger partial charge in [0.05, 0.1) is 5.70 Å². The molecule has 3 N–H and O–H groups in total. The van der Waals surface area contributed by atoms with E-state index in [1.54, 1.807) is 0 Å². The fourth-order valence-corrected chi connectivity index (χ4v) is 3.34. The highest BCUT2D eigenvalue weighted by atomic mass is 16.1. The molecule has 3 nitrogen and oxygen atoms in total. The van der Waals surface area contributed by atoms with Crippen molar-refractivity contribution in [2.24, 2.45) is 5.73 Å². The van der Waals surface area contributed by atoms with Crippen molar-refractivity contribution in [2.75, 3.05) is 0 Å². The number of rotatable bonds is 3. The summed E-state index contributed by atoms with van der Waals surface area (Å²) in [6.45, 7) is 10.7. The Hall–Kier alpha value is -2.81. The van der Waals surface area contributed by atoms with Crippen molar-refractivity contribution >= 4 is 11.4 Å². The van der Waals surface area contributed by atoms with E-state index in [9.17, 15) is 4.79 Å². The molecular formula is C21H22N2O. The molecule has 3 heteroatoms. The number of Topliss-reactive ketones (excluding diaryl/α,β-unsaturated/α-hetero) is 1. The van der Waals surface area contributed by atoms with Gasteiger partial charge in [0.1, 0.15) is 5.70 Å². The van der Waals surface area contributed by atoms with Gasteiger partial charge in [-0.05, 0) is 37.5 Å². The number of fused-ring (bicyclic) bond motifs is 1. The van der Waals surface area contributed by atoms with Gasteiger partial charge in [-0.1, -0.05) is 54.1 Å². The van der Waals surface area contributed by atoms with Crippen molar-refractivity contribution < 1.29 is 4.79 Å². The van der Waals surface area contributed by atoms with Crippen LogP contribution in [-0.4, -0.2) is 5.78 Å². The predicted molar refractivity (Wildman–Crippen MR) is 98.5 cm³/mol. The summed E-state index contributed by atoms with van der Waals surface area (Å²) in [6.07, 6.45) is 0. The van der Waals surface area contributed by atoms with Crippen LogP contribution in [0.1, 0.15) is 38.2 Å². The van der Waals surface area contributed by atoms with Crippen LogP contribution in [0.25, 0.3) is 5.57 Å². The van der Waals surface area contributed by atoms with E-state index in [1.807, 2.05) is 25.1 Å². The van der Waals surface area contributed by atoms with Crippen molar-refractivity contribution in [3.63, 3.8) is 0 Å². The summed E-state index contributed by atoms with van der Waals surface area (Å²) in [6, 6.07) is 12.0. The molecule has 1 aliphatic carbocycles. The van der Waals surface area contributed by atoms with E-state index in [1.165, 1.54) is 11.1 Å². The maximum Gasteiger partial charge on any atom is 0.211 e. The maximum atomic E-state index is 12.8. The second kappa shape index (κ2) is 6.00. The Morgan fingerprint density at radius 2 is 1.75 bits per heavy atom. The minimum atomic E-state index is -0.0667. The number of aryl methyl sites for hydroxylation is 3. The summed E-state index contributed by atoms with van der Waals surface area (Å²) in [5.74, 6) is -0.0667. The zero-order valence-corrected chi connectivity index (χ0v) is 14.4. The minimum Gasteiger partial charge on any atom is -0.396 e. The molecule has 0 saturated heterocycles. The molecule has 0 heterocycles. The predicted octanol–water partition coefficient (Wildman–Crippen LogP) is 3.78. The molecule has 0 atom stereocenters.